The summed E-state index contributed by atoms with van der Waals surface area (Å²) in [6.07, 6.45) is -3.50. The number of nitrogens with two attached hydrogens (primary N) is 1. The number of aromatic nitrogens is 1. The van der Waals surface area contributed by atoms with Crippen LogP contribution in [0.1, 0.15) is 5.56 Å². The SMILES string of the molecule is NCc1ccnc(OC(F)(F)F)c1. The maximum atomic E-state index is 11.7. The van der Waals surface area contributed by atoms with E-state index in [1.807, 2.05) is 0 Å². The highest BCUT2D eigenvalue weighted by molar-refractivity contribution is 5.20. The van der Waals surface area contributed by atoms with Crippen molar-refractivity contribution in [1.29, 1.82) is 0 Å². The van der Waals surface area contributed by atoms with Crippen LogP contribution in [0.25, 0.3) is 0 Å². The molecule has 3 nitrogen and oxygen atoms in total. The number of rotatable bonds is 2. The third-order valence-corrected chi connectivity index (χ3v) is 1.26. The van der Waals surface area contributed by atoms with Crippen molar-refractivity contribution < 1.29 is 17.9 Å². The van der Waals surface area contributed by atoms with Gasteiger partial charge < -0.3 is 10.5 Å². The smallest absolute Gasteiger partial charge is 0.388 e. The first-order chi connectivity index (χ1) is 6.01. The van der Waals surface area contributed by atoms with Gasteiger partial charge in [-0.2, -0.15) is 0 Å². The van der Waals surface area contributed by atoms with Crippen molar-refractivity contribution in [2.24, 2.45) is 5.73 Å². The van der Waals surface area contributed by atoms with Gasteiger partial charge in [0.1, 0.15) is 0 Å². The Bertz CT molecular complexity index is 287. The Kier molecular flexibility index (Phi) is 2.72. The summed E-state index contributed by atoms with van der Waals surface area (Å²) < 4.78 is 38.6. The summed E-state index contributed by atoms with van der Waals surface area (Å²) in [7, 11) is 0. The van der Waals surface area contributed by atoms with Crippen molar-refractivity contribution in [1.82, 2.24) is 4.98 Å². The molecule has 0 aliphatic heterocycles. The van der Waals surface area contributed by atoms with E-state index in [0.717, 1.165) is 6.07 Å². The molecule has 0 amide bonds. The first-order valence-electron chi connectivity index (χ1n) is 3.42. The second-order valence-electron chi connectivity index (χ2n) is 2.25. The van der Waals surface area contributed by atoms with Crippen molar-refractivity contribution in [2.75, 3.05) is 0 Å². The minimum Gasteiger partial charge on any atom is -0.388 e. The molecule has 0 saturated heterocycles. The Balaban J connectivity index is 2.78. The number of ether oxygens (including phenoxy) is 1. The molecule has 0 saturated carbocycles. The van der Waals surface area contributed by atoms with Crippen LogP contribution >= 0.6 is 0 Å². The average molecular weight is 192 g/mol. The van der Waals surface area contributed by atoms with Crippen molar-refractivity contribution in [3.63, 3.8) is 0 Å². The zero-order valence-electron chi connectivity index (χ0n) is 6.51. The molecule has 0 fully saturated rings. The largest absolute Gasteiger partial charge is 0.574 e. The molecule has 0 aliphatic rings. The van der Waals surface area contributed by atoms with Crippen LogP contribution in [-0.2, 0) is 6.54 Å². The van der Waals surface area contributed by atoms with E-state index in [-0.39, 0.29) is 6.54 Å². The van der Waals surface area contributed by atoms with Crippen LogP contribution < -0.4 is 10.5 Å². The maximum Gasteiger partial charge on any atom is 0.574 e. The van der Waals surface area contributed by atoms with E-state index < -0.39 is 12.2 Å². The van der Waals surface area contributed by atoms with Gasteiger partial charge in [-0.05, 0) is 11.6 Å². The maximum absolute atomic E-state index is 11.7. The van der Waals surface area contributed by atoms with Crippen LogP contribution in [0, 0.1) is 0 Å². The van der Waals surface area contributed by atoms with E-state index in [1.54, 1.807) is 0 Å². The molecule has 72 valence electrons. The van der Waals surface area contributed by atoms with Gasteiger partial charge in [0.25, 0.3) is 0 Å². The minimum atomic E-state index is -4.71. The number of halogens is 3. The van der Waals surface area contributed by atoms with Gasteiger partial charge in [0.05, 0.1) is 0 Å². The first kappa shape index (κ1) is 9.79. The summed E-state index contributed by atoms with van der Waals surface area (Å²) in [5, 5.41) is 0. The van der Waals surface area contributed by atoms with Gasteiger partial charge in [-0.1, -0.05) is 0 Å². The van der Waals surface area contributed by atoms with E-state index in [2.05, 4.69) is 9.72 Å². The van der Waals surface area contributed by atoms with Gasteiger partial charge in [0.2, 0.25) is 5.88 Å². The van der Waals surface area contributed by atoms with Crippen LogP contribution in [-0.4, -0.2) is 11.3 Å². The summed E-state index contributed by atoms with van der Waals surface area (Å²) in [4.78, 5) is 3.37. The van der Waals surface area contributed by atoms with Crippen LogP contribution in [0.4, 0.5) is 13.2 Å². The molecule has 1 aromatic rings. The van der Waals surface area contributed by atoms with E-state index in [0.29, 0.717) is 5.56 Å². The fourth-order valence-electron chi connectivity index (χ4n) is 0.752. The van der Waals surface area contributed by atoms with Gasteiger partial charge in [-0.25, -0.2) is 4.98 Å². The Morgan fingerprint density at radius 3 is 2.69 bits per heavy atom. The highest BCUT2D eigenvalue weighted by Crippen LogP contribution is 2.20. The van der Waals surface area contributed by atoms with Crippen molar-refractivity contribution >= 4 is 0 Å². The number of alkyl halides is 3. The molecule has 0 atom stereocenters. The summed E-state index contributed by atoms with van der Waals surface area (Å²) in [6.45, 7) is 0.150. The second-order valence-corrected chi connectivity index (χ2v) is 2.25. The number of hydrogen-bond donors (Lipinski definition) is 1. The molecule has 1 aromatic heterocycles. The lowest BCUT2D eigenvalue weighted by atomic mass is 10.3. The van der Waals surface area contributed by atoms with Gasteiger partial charge in [-0.3, -0.25) is 0 Å². The minimum absolute atomic E-state index is 0.150. The topological polar surface area (TPSA) is 48.1 Å². The molecule has 13 heavy (non-hydrogen) atoms. The Morgan fingerprint density at radius 2 is 2.15 bits per heavy atom. The summed E-state index contributed by atoms with van der Waals surface area (Å²) in [5.74, 6) is -0.490. The average Bonchev–Trinajstić information content (AvgIpc) is 2.01. The van der Waals surface area contributed by atoms with Crippen LogP contribution in [0.3, 0.4) is 0 Å². The lowest BCUT2D eigenvalue weighted by Crippen LogP contribution is -2.18. The molecule has 0 aromatic carbocycles. The fraction of sp³-hybridized carbons (Fsp3) is 0.286. The monoisotopic (exact) mass is 192 g/mol. The molecule has 0 aliphatic carbocycles. The molecule has 0 bridgehead atoms. The highest BCUT2D eigenvalue weighted by Gasteiger charge is 2.31. The molecular formula is C7H7F3N2O. The number of pyridine rings is 1. The molecule has 2 N–H and O–H groups in total. The lowest BCUT2D eigenvalue weighted by molar-refractivity contribution is -0.276. The Hall–Kier alpha value is -1.30. The molecule has 6 heteroatoms. The highest BCUT2D eigenvalue weighted by atomic mass is 19.4. The lowest BCUT2D eigenvalue weighted by Gasteiger charge is -2.07. The molecule has 1 rings (SSSR count). The molecular weight excluding hydrogens is 185 g/mol. The van der Waals surface area contributed by atoms with Crippen LogP contribution in [0.2, 0.25) is 0 Å². The van der Waals surface area contributed by atoms with Crippen LogP contribution in [0.15, 0.2) is 18.3 Å². The van der Waals surface area contributed by atoms with Crippen molar-refractivity contribution in [3.05, 3.63) is 23.9 Å². The van der Waals surface area contributed by atoms with Crippen molar-refractivity contribution in [2.45, 2.75) is 12.9 Å². The van der Waals surface area contributed by atoms with E-state index >= 15 is 0 Å². The molecule has 0 spiro atoms. The van der Waals surface area contributed by atoms with E-state index in [9.17, 15) is 13.2 Å². The normalized spacial score (nSPS) is 11.4. The second kappa shape index (κ2) is 3.61. The quantitative estimate of drug-likeness (QED) is 0.771. The summed E-state index contributed by atoms with van der Waals surface area (Å²) in [6, 6.07) is 2.66. The number of hydrogen-bond acceptors (Lipinski definition) is 3. The molecule has 1 heterocycles. The Morgan fingerprint density at radius 1 is 1.46 bits per heavy atom. The third kappa shape index (κ3) is 3.29. The van der Waals surface area contributed by atoms with Gasteiger partial charge in [-0.15, -0.1) is 13.2 Å². The van der Waals surface area contributed by atoms with Gasteiger partial charge in [0.15, 0.2) is 0 Å². The Labute approximate surface area is 72.3 Å². The first-order valence-corrected chi connectivity index (χ1v) is 3.42. The predicted octanol–water partition coefficient (Wildman–Crippen LogP) is 1.44. The van der Waals surface area contributed by atoms with E-state index in [1.165, 1.54) is 12.3 Å². The number of nitrogens with zero attached hydrogens (tertiary/aromatic N) is 1. The van der Waals surface area contributed by atoms with Gasteiger partial charge in [0, 0.05) is 18.8 Å². The zero-order valence-corrected chi connectivity index (χ0v) is 6.51. The fourth-order valence-corrected chi connectivity index (χ4v) is 0.752. The van der Waals surface area contributed by atoms with Crippen LogP contribution in [0.5, 0.6) is 5.88 Å². The van der Waals surface area contributed by atoms with Gasteiger partial charge >= 0.3 is 6.36 Å². The standard InChI is InChI=1S/C7H7F3N2O/c8-7(9,10)13-6-3-5(4-11)1-2-12-6/h1-3H,4,11H2. The zero-order chi connectivity index (χ0) is 9.90. The summed E-state index contributed by atoms with van der Waals surface area (Å²) in [5.41, 5.74) is 5.75. The summed E-state index contributed by atoms with van der Waals surface area (Å²) >= 11 is 0. The predicted molar refractivity (Wildman–Crippen MR) is 38.8 cm³/mol. The van der Waals surface area contributed by atoms with Crippen molar-refractivity contribution in [3.8, 4) is 5.88 Å². The molecule has 0 unspecified atom stereocenters. The third-order valence-electron chi connectivity index (χ3n) is 1.26. The van der Waals surface area contributed by atoms with E-state index in [4.69, 9.17) is 5.73 Å². The molecule has 0 radical (unpaired) electrons.